The van der Waals surface area contributed by atoms with Crippen LogP contribution in [0.15, 0.2) is 23.2 Å². The molecule has 0 bridgehead atoms. The average Bonchev–Trinajstić information content (AvgIpc) is 3.06. The van der Waals surface area contributed by atoms with E-state index in [1.165, 1.54) is 12.5 Å². The van der Waals surface area contributed by atoms with Crippen molar-refractivity contribution in [1.82, 2.24) is 20.0 Å². The number of carbonyl (C=O) groups is 1. The summed E-state index contributed by atoms with van der Waals surface area (Å²) in [4.78, 5) is 16.0. The zero-order valence-corrected chi connectivity index (χ0v) is 13.9. The van der Waals surface area contributed by atoms with E-state index in [0.717, 1.165) is 6.42 Å². The molecule has 0 spiro atoms. The third kappa shape index (κ3) is 3.95. The largest absolute Gasteiger partial charge is 0.338 e. The highest BCUT2D eigenvalue weighted by Crippen LogP contribution is 2.30. The minimum absolute atomic E-state index is 0.0153. The molecule has 1 amide bonds. The van der Waals surface area contributed by atoms with E-state index >= 15 is 0 Å². The molecule has 8 heteroatoms. The fraction of sp³-hybridized carbons (Fsp3) is 0.571. The first-order valence-electron chi connectivity index (χ1n) is 7.12. The number of nitrogens with zero attached hydrogens (tertiary/aromatic N) is 3. The predicted octanol–water partition coefficient (Wildman–Crippen LogP) is 0.247. The maximum Gasteiger partial charge on any atom is 0.246 e. The van der Waals surface area contributed by atoms with Crippen molar-refractivity contribution < 1.29 is 13.2 Å². The fourth-order valence-corrected chi connectivity index (χ4v) is 3.39. The highest BCUT2D eigenvalue weighted by molar-refractivity contribution is 7.90. The predicted molar refractivity (Wildman–Crippen MR) is 83.3 cm³/mol. The Balaban J connectivity index is 2.03. The number of likely N-dealkylation sites (tertiary alicyclic amines) is 1. The summed E-state index contributed by atoms with van der Waals surface area (Å²) in [6.07, 6.45) is 6.65. The zero-order valence-electron chi connectivity index (χ0n) is 13.1. The normalized spacial score (nSPS) is 19.5. The molecule has 1 fully saturated rings. The van der Waals surface area contributed by atoms with Gasteiger partial charge in [-0.25, -0.2) is 8.42 Å². The van der Waals surface area contributed by atoms with E-state index in [1.54, 1.807) is 11.0 Å². The summed E-state index contributed by atoms with van der Waals surface area (Å²) >= 11 is 0. The zero-order chi connectivity index (χ0) is 16.3. The molecule has 22 heavy (non-hydrogen) atoms. The van der Waals surface area contributed by atoms with Gasteiger partial charge >= 0.3 is 0 Å². The summed E-state index contributed by atoms with van der Waals surface area (Å²) < 4.78 is 23.5. The van der Waals surface area contributed by atoms with Crippen LogP contribution >= 0.6 is 0 Å². The first-order valence-corrected chi connectivity index (χ1v) is 9.01. The number of carbonyl (C=O) groups excluding carboxylic acids is 1. The van der Waals surface area contributed by atoms with Crippen molar-refractivity contribution in [3.63, 3.8) is 0 Å². The molecule has 1 atom stereocenters. The van der Waals surface area contributed by atoms with Crippen molar-refractivity contribution in [3.05, 3.63) is 24.0 Å². The van der Waals surface area contributed by atoms with Gasteiger partial charge in [-0.05, 0) is 20.5 Å². The quantitative estimate of drug-likeness (QED) is 0.784. The monoisotopic (exact) mass is 326 g/mol. The molecule has 1 aromatic rings. The van der Waals surface area contributed by atoms with E-state index < -0.39 is 9.84 Å². The van der Waals surface area contributed by atoms with Gasteiger partial charge < -0.3 is 9.80 Å². The lowest BCUT2D eigenvalue weighted by Gasteiger charge is -2.14. The number of hydrogen-bond donors (Lipinski definition) is 1. The minimum Gasteiger partial charge on any atom is -0.338 e. The third-order valence-corrected chi connectivity index (χ3v) is 4.80. The maximum absolute atomic E-state index is 12.1. The van der Waals surface area contributed by atoms with Crippen LogP contribution in [0.25, 0.3) is 0 Å². The van der Waals surface area contributed by atoms with Gasteiger partial charge in [0.1, 0.15) is 4.90 Å². The second-order valence-electron chi connectivity index (χ2n) is 5.85. The van der Waals surface area contributed by atoms with E-state index in [1.807, 2.05) is 25.1 Å². The Hall–Kier alpha value is -1.67. The molecule has 1 aromatic heterocycles. The summed E-state index contributed by atoms with van der Waals surface area (Å²) in [6.45, 7) is 1.84. The van der Waals surface area contributed by atoms with E-state index in [2.05, 4.69) is 10.2 Å². The number of rotatable bonds is 5. The molecular weight excluding hydrogens is 304 g/mol. The Morgan fingerprint density at radius 3 is 2.91 bits per heavy atom. The molecule has 2 heterocycles. The SMILES string of the molecule is CN(C)C/C=C/C(=O)N1CCC(c2[nH]ncc2S(C)(=O)=O)C1. The van der Waals surface area contributed by atoms with Crippen LogP contribution in [-0.2, 0) is 14.6 Å². The van der Waals surface area contributed by atoms with Gasteiger partial charge in [-0.3, -0.25) is 9.89 Å². The second kappa shape index (κ2) is 6.62. The topological polar surface area (TPSA) is 86.4 Å². The summed E-state index contributed by atoms with van der Waals surface area (Å²) in [5.41, 5.74) is 0.607. The molecule has 0 radical (unpaired) electrons. The van der Waals surface area contributed by atoms with Gasteiger partial charge in [0.05, 0.1) is 11.9 Å². The summed E-state index contributed by atoms with van der Waals surface area (Å²) in [7, 11) is 0.567. The van der Waals surface area contributed by atoms with E-state index in [4.69, 9.17) is 0 Å². The van der Waals surface area contributed by atoms with Gasteiger partial charge in [-0.15, -0.1) is 0 Å². The Kier molecular flexibility index (Phi) is 5.02. The molecular formula is C14H22N4O3S. The van der Waals surface area contributed by atoms with Crippen LogP contribution in [0.4, 0.5) is 0 Å². The number of likely N-dealkylation sites (N-methyl/N-ethyl adjacent to an activating group) is 1. The van der Waals surface area contributed by atoms with E-state index in [-0.39, 0.29) is 16.7 Å². The number of H-pyrrole nitrogens is 1. The summed E-state index contributed by atoms with van der Waals surface area (Å²) in [5, 5.41) is 6.62. The van der Waals surface area contributed by atoms with Gasteiger partial charge in [0.15, 0.2) is 9.84 Å². The molecule has 1 unspecified atom stereocenters. The average molecular weight is 326 g/mol. The first kappa shape index (κ1) is 16.7. The summed E-state index contributed by atoms with van der Waals surface area (Å²) in [5.74, 6) is -0.0526. The van der Waals surface area contributed by atoms with Crippen molar-refractivity contribution in [2.24, 2.45) is 0 Å². The lowest BCUT2D eigenvalue weighted by molar-refractivity contribution is -0.125. The van der Waals surface area contributed by atoms with Gasteiger partial charge in [0, 0.05) is 37.9 Å². The Bertz CT molecular complexity index is 663. The van der Waals surface area contributed by atoms with Crippen LogP contribution < -0.4 is 0 Å². The molecule has 7 nitrogen and oxygen atoms in total. The number of hydrogen-bond acceptors (Lipinski definition) is 5. The lowest BCUT2D eigenvalue weighted by atomic mass is 10.1. The van der Waals surface area contributed by atoms with Crippen LogP contribution in [0.2, 0.25) is 0 Å². The molecule has 2 rings (SSSR count). The Labute approximate surface area is 130 Å². The van der Waals surface area contributed by atoms with Gasteiger partial charge in [-0.2, -0.15) is 5.10 Å². The van der Waals surface area contributed by atoms with Crippen molar-refractivity contribution in [1.29, 1.82) is 0 Å². The van der Waals surface area contributed by atoms with E-state index in [9.17, 15) is 13.2 Å². The van der Waals surface area contributed by atoms with Crippen LogP contribution in [0.5, 0.6) is 0 Å². The highest BCUT2D eigenvalue weighted by atomic mass is 32.2. The molecule has 0 saturated carbocycles. The van der Waals surface area contributed by atoms with Gasteiger partial charge in [0.25, 0.3) is 0 Å². The highest BCUT2D eigenvalue weighted by Gasteiger charge is 2.31. The Morgan fingerprint density at radius 1 is 1.55 bits per heavy atom. The molecule has 0 aromatic carbocycles. The molecule has 1 N–H and O–H groups in total. The number of amides is 1. The number of aromatic amines is 1. The minimum atomic E-state index is -3.31. The molecule has 1 saturated heterocycles. The van der Waals surface area contributed by atoms with Gasteiger partial charge in [-0.1, -0.05) is 6.08 Å². The first-order chi connectivity index (χ1) is 10.3. The Morgan fingerprint density at radius 2 is 2.27 bits per heavy atom. The van der Waals surface area contributed by atoms with Crippen LogP contribution in [0, 0.1) is 0 Å². The molecule has 1 aliphatic rings. The van der Waals surface area contributed by atoms with Crippen molar-refractivity contribution in [2.75, 3.05) is 40.0 Å². The maximum atomic E-state index is 12.1. The third-order valence-electron chi connectivity index (χ3n) is 3.67. The van der Waals surface area contributed by atoms with Crippen molar-refractivity contribution >= 4 is 15.7 Å². The number of aromatic nitrogens is 2. The molecule has 122 valence electrons. The van der Waals surface area contributed by atoms with Crippen molar-refractivity contribution in [3.8, 4) is 0 Å². The molecule has 0 aliphatic carbocycles. The second-order valence-corrected chi connectivity index (χ2v) is 7.84. The van der Waals surface area contributed by atoms with Crippen LogP contribution in [0.3, 0.4) is 0 Å². The van der Waals surface area contributed by atoms with Gasteiger partial charge in [0.2, 0.25) is 5.91 Å². The summed E-state index contributed by atoms with van der Waals surface area (Å²) in [6, 6.07) is 0. The van der Waals surface area contributed by atoms with Crippen LogP contribution in [0.1, 0.15) is 18.0 Å². The standard InChI is InChI=1S/C14H22N4O3S/c1-17(2)7-4-5-13(19)18-8-6-11(10-18)14-12(9-15-16-14)22(3,20)21/h4-5,9,11H,6-8,10H2,1-3H3,(H,15,16)/b5-4+. The molecule has 1 aliphatic heterocycles. The van der Waals surface area contributed by atoms with Crippen LogP contribution in [-0.4, -0.2) is 74.3 Å². The fourth-order valence-electron chi connectivity index (χ4n) is 2.54. The number of sulfone groups is 1. The van der Waals surface area contributed by atoms with Crippen molar-refractivity contribution in [2.45, 2.75) is 17.2 Å². The number of nitrogens with one attached hydrogen (secondary N) is 1. The van der Waals surface area contributed by atoms with E-state index in [0.29, 0.717) is 25.3 Å². The lowest BCUT2D eigenvalue weighted by Crippen LogP contribution is -2.27. The smallest absolute Gasteiger partial charge is 0.246 e.